The average Bonchev–Trinajstić information content (AvgIpc) is 2.45. The molecule has 2 rings (SSSR count). The standard InChI is InChI=1S/C16H23N3O2/c1-9(10(2)17)16(21)18-11(3)12-4-6-14-13(8-12)5-7-15(20)19-14/h4,6,8-11H,5,7,17H2,1-3H3,(H,18,21)(H,19,20). The second-order valence-corrected chi connectivity index (χ2v) is 5.84. The van der Waals surface area contributed by atoms with Gasteiger partial charge in [-0.15, -0.1) is 0 Å². The molecule has 1 heterocycles. The van der Waals surface area contributed by atoms with E-state index < -0.39 is 0 Å². The lowest BCUT2D eigenvalue weighted by atomic mass is 9.97. The van der Waals surface area contributed by atoms with Gasteiger partial charge in [-0.1, -0.05) is 19.1 Å². The highest BCUT2D eigenvalue weighted by atomic mass is 16.2. The van der Waals surface area contributed by atoms with Crippen LogP contribution in [0.4, 0.5) is 5.69 Å². The van der Waals surface area contributed by atoms with Crippen molar-refractivity contribution in [3.8, 4) is 0 Å². The first-order valence-electron chi connectivity index (χ1n) is 7.37. The highest BCUT2D eigenvalue weighted by Crippen LogP contribution is 2.26. The lowest BCUT2D eigenvalue weighted by Gasteiger charge is -2.22. The monoisotopic (exact) mass is 289 g/mol. The molecule has 0 spiro atoms. The average molecular weight is 289 g/mol. The quantitative estimate of drug-likeness (QED) is 0.789. The number of rotatable bonds is 4. The summed E-state index contributed by atoms with van der Waals surface area (Å²) in [7, 11) is 0. The van der Waals surface area contributed by atoms with Crippen LogP contribution >= 0.6 is 0 Å². The van der Waals surface area contributed by atoms with E-state index in [9.17, 15) is 9.59 Å². The van der Waals surface area contributed by atoms with Gasteiger partial charge in [0.2, 0.25) is 11.8 Å². The van der Waals surface area contributed by atoms with Gasteiger partial charge in [-0.25, -0.2) is 0 Å². The molecule has 0 fully saturated rings. The Labute approximate surface area is 125 Å². The molecule has 5 heteroatoms. The summed E-state index contributed by atoms with van der Waals surface area (Å²) in [5, 5.41) is 5.84. The van der Waals surface area contributed by atoms with Crippen LogP contribution in [-0.2, 0) is 16.0 Å². The molecule has 4 N–H and O–H groups in total. The van der Waals surface area contributed by atoms with Crippen molar-refractivity contribution in [3.05, 3.63) is 29.3 Å². The fourth-order valence-corrected chi connectivity index (χ4v) is 2.34. The fraction of sp³-hybridized carbons (Fsp3) is 0.500. The van der Waals surface area contributed by atoms with Gasteiger partial charge in [-0.2, -0.15) is 0 Å². The number of fused-ring (bicyclic) bond motifs is 1. The highest BCUT2D eigenvalue weighted by Gasteiger charge is 2.20. The lowest BCUT2D eigenvalue weighted by Crippen LogP contribution is -2.39. The predicted molar refractivity (Wildman–Crippen MR) is 82.8 cm³/mol. The van der Waals surface area contributed by atoms with E-state index in [2.05, 4.69) is 16.7 Å². The second-order valence-electron chi connectivity index (χ2n) is 5.84. The van der Waals surface area contributed by atoms with E-state index in [1.807, 2.05) is 32.9 Å². The van der Waals surface area contributed by atoms with Crippen molar-refractivity contribution >= 4 is 17.5 Å². The van der Waals surface area contributed by atoms with Crippen LogP contribution in [0.1, 0.15) is 44.4 Å². The van der Waals surface area contributed by atoms with E-state index in [4.69, 9.17) is 5.73 Å². The third-order valence-corrected chi connectivity index (χ3v) is 4.09. The van der Waals surface area contributed by atoms with Crippen LogP contribution in [0.15, 0.2) is 18.2 Å². The molecular formula is C16H23N3O2. The maximum atomic E-state index is 12.1. The van der Waals surface area contributed by atoms with Crippen molar-refractivity contribution < 1.29 is 9.59 Å². The van der Waals surface area contributed by atoms with Crippen molar-refractivity contribution in [2.75, 3.05) is 5.32 Å². The smallest absolute Gasteiger partial charge is 0.224 e. The minimum Gasteiger partial charge on any atom is -0.349 e. The van der Waals surface area contributed by atoms with Gasteiger partial charge in [-0.3, -0.25) is 9.59 Å². The first-order chi connectivity index (χ1) is 9.88. The Hall–Kier alpha value is -1.88. The number of carbonyl (C=O) groups is 2. The molecule has 1 aromatic carbocycles. The predicted octanol–water partition coefficient (Wildman–Crippen LogP) is 1.73. The fourth-order valence-electron chi connectivity index (χ4n) is 2.34. The zero-order valence-corrected chi connectivity index (χ0v) is 12.8. The molecule has 0 bridgehead atoms. The summed E-state index contributed by atoms with van der Waals surface area (Å²) in [5.74, 6) is -0.199. The van der Waals surface area contributed by atoms with Gasteiger partial charge in [0.15, 0.2) is 0 Å². The van der Waals surface area contributed by atoms with E-state index in [-0.39, 0.29) is 29.8 Å². The number of carbonyl (C=O) groups excluding carboxylic acids is 2. The van der Waals surface area contributed by atoms with Gasteiger partial charge in [0.25, 0.3) is 0 Å². The summed E-state index contributed by atoms with van der Waals surface area (Å²) in [6.45, 7) is 5.61. The summed E-state index contributed by atoms with van der Waals surface area (Å²) in [6.07, 6.45) is 1.25. The van der Waals surface area contributed by atoms with Crippen LogP contribution in [0.3, 0.4) is 0 Å². The topological polar surface area (TPSA) is 84.2 Å². The minimum absolute atomic E-state index is 0.0384. The zero-order valence-electron chi connectivity index (χ0n) is 12.8. The second kappa shape index (κ2) is 6.26. The van der Waals surface area contributed by atoms with Gasteiger partial charge in [-0.05, 0) is 37.5 Å². The molecule has 5 nitrogen and oxygen atoms in total. The number of benzene rings is 1. The maximum Gasteiger partial charge on any atom is 0.224 e. The summed E-state index contributed by atoms with van der Waals surface area (Å²) in [5.41, 5.74) is 8.78. The van der Waals surface area contributed by atoms with E-state index >= 15 is 0 Å². The van der Waals surface area contributed by atoms with Crippen LogP contribution in [-0.4, -0.2) is 17.9 Å². The van der Waals surface area contributed by atoms with Crippen LogP contribution in [0.5, 0.6) is 0 Å². The van der Waals surface area contributed by atoms with Crippen molar-refractivity contribution in [3.63, 3.8) is 0 Å². The molecular weight excluding hydrogens is 266 g/mol. The number of nitrogens with two attached hydrogens (primary N) is 1. The third kappa shape index (κ3) is 3.61. The zero-order chi connectivity index (χ0) is 15.6. The van der Waals surface area contributed by atoms with Crippen LogP contribution in [0.2, 0.25) is 0 Å². The molecule has 3 unspecified atom stereocenters. The normalized spacial score (nSPS) is 18.2. The Bertz CT molecular complexity index is 554. The maximum absolute atomic E-state index is 12.1. The Morgan fingerprint density at radius 3 is 2.67 bits per heavy atom. The van der Waals surface area contributed by atoms with Crippen LogP contribution in [0, 0.1) is 5.92 Å². The molecule has 1 aliphatic rings. The Morgan fingerprint density at radius 2 is 2.00 bits per heavy atom. The third-order valence-electron chi connectivity index (χ3n) is 4.09. The molecule has 0 aliphatic carbocycles. The number of aryl methyl sites for hydroxylation is 1. The van der Waals surface area contributed by atoms with Gasteiger partial charge >= 0.3 is 0 Å². The van der Waals surface area contributed by atoms with Gasteiger partial charge in [0.1, 0.15) is 0 Å². The Balaban J connectivity index is 2.08. The molecule has 2 amide bonds. The Morgan fingerprint density at radius 1 is 1.29 bits per heavy atom. The van der Waals surface area contributed by atoms with Crippen LogP contribution < -0.4 is 16.4 Å². The largest absolute Gasteiger partial charge is 0.349 e. The lowest BCUT2D eigenvalue weighted by molar-refractivity contribution is -0.125. The molecule has 3 atom stereocenters. The van der Waals surface area contributed by atoms with E-state index in [0.717, 1.165) is 23.2 Å². The van der Waals surface area contributed by atoms with Gasteiger partial charge in [0.05, 0.1) is 6.04 Å². The molecule has 0 saturated carbocycles. The Kier molecular flexibility index (Phi) is 4.63. The number of amides is 2. The summed E-state index contributed by atoms with van der Waals surface area (Å²) in [6, 6.07) is 5.64. The number of anilines is 1. The molecule has 0 aromatic heterocycles. The van der Waals surface area contributed by atoms with Crippen molar-refractivity contribution in [1.29, 1.82) is 0 Å². The van der Waals surface area contributed by atoms with Crippen molar-refractivity contribution in [2.45, 2.75) is 45.7 Å². The van der Waals surface area contributed by atoms with Gasteiger partial charge < -0.3 is 16.4 Å². The minimum atomic E-state index is -0.218. The molecule has 0 saturated heterocycles. The molecule has 21 heavy (non-hydrogen) atoms. The van der Waals surface area contributed by atoms with Crippen molar-refractivity contribution in [2.24, 2.45) is 11.7 Å². The number of hydrogen-bond acceptors (Lipinski definition) is 3. The molecule has 0 radical (unpaired) electrons. The summed E-state index contributed by atoms with van der Waals surface area (Å²) >= 11 is 0. The highest BCUT2D eigenvalue weighted by molar-refractivity contribution is 5.93. The first-order valence-corrected chi connectivity index (χ1v) is 7.37. The van der Waals surface area contributed by atoms with E-state index in [1.165, 1.54) is 0 Å². The molecule has 114 valence electrons. The van der Waals surface area contributed by atoms with Gasteiger partial charge in [0, 0.05) is 24.1 Å². The van der Waals surface area contributed by atoms with E-state index in [1.54, 1.807) is 0 Å². The number of hydrogen-bond donors (Lipinski definition) is 3. The van der Waals surface area contributed by atoms with E-state index in [0.29, 0.717) is 6.42 Å². The number of nitrogens with one attached hydrogen (secondary N) is 2. The molecule has 1 aliphatic heterocycles. The summed E-state index contributed by atoms with van der Waals surface area (Å²) < 4.78 is 0. The van der Waals surface area contributed by atoms with Crippen LogP contribution in [0.25, 0.3) is 0 Å². The van der Waals surface area contributed by atoms with Crippen molar-refractivity contribution in [1.82, 2.24) is 5.32 Å². The SMILES string of the molecule is CC(NC(=O)C(C)C(C)N)c1ccc2c(c1)CCC(=O)N2. The first kappa shape index (κ1) is 15.5. The summed E-state index contributed by atoms with van der Waals surface area (Å²) in [4.78, 5) is 23.4. The molecule has 1 aromatic rings.